The van der Waals surface area contributed by atoms with Gasteiger partial charge in [0.2, 0.25) is 5.91 Å². The molecule has 0 saturated carbocycles. The second kappa shape index (κ2) is 54.2. The molecule has 0 saturated heterocycles. The molecule has 0 fully saturated rings. The average Bonchev–Trinajstić information content (AvgIpc) is 3.32. The van der Waals surface area contributed by atoms with E-state index in [9.17, 15) is 19.8 Å². The highest BCUT2D eigenvalue weighted by Crippen LogP contribution is 2.18. The maximum Gasteiger partial charge on any atom is 0.306 e. The molecule has 0 aliphatic carbocycles. The first kappa shape index (κ1) is 64.3. The Kier molecular flexibility index (Phi) is 52.1. The maximum absolute atomic E-state index is 13.3. The van der Waals surface area contributed by atoms with Crippen molar-refractivity contribution in [3.05, 3.63) is 72.9 Å². The zero-order chi connectivity index (χ0) is 48.8. The minimum atomic E-state index is -0.801. The van der Waals surface area contributed by atoms with Crippen LogP contribution in [0.3, 0.4) is 0 Å². The van der Waals surface area contributed by atoms with Crippen molar-refractivity contribution >= 4 is 11.9 Å². The van der Waals surface area contributed by atoms with E-state index in [1.165, 1.54) is 128 Å². The van der Waals surface area contributed by atoms with Crippen LogP contribution in [0, 0.1) is 0 Å². The Morgan fingerprint density at radius 2 is 0.806 bits per heavy atom. The van der Waals surface area contributed by atoms with Gasteiger partial charge in [-0.25, -0.2) is 0 Å². The molecule has 0 spiro atoms. The van der Waals surface area contributed by atoms with E-state index in [1.54, 1.807) is 0 Å². The summed E-state index contributed by atoms with van der Waals surface area (Å²) in [6, 6.07) is -0.717. The van der Waals surface area contributed by atoms with Crippen LogP contribution in [0.5, 0.6) is 0 Å². The third kappa shape index (κ3) is 49.5. The quantitative estimate of drug-likeness (QED) is 0.0321. The van der Waals surface area contributed by atoms with Gasteiger partial charge in [-0.3, -0.25) is 9.59 Å². The number of allylic oxidation sites excluding steroid dienone is 12. The number of hydrogen-bond donors (Lipinski definition) is 3. The fraction of sp³-hybridized carbons (Fsp3) is 0.770. The second-order valence-corrected chi connectivity index (χ2v) is 19.4. The summed E-state index contributed by atoms with van der Waals surface area (Å²) in [5.74, 6) is -0.514. The smallest absolute Gasteiger partial charge is 0.306 e. The normalized spacial score (nSPS) is 13.7. The van der Waals surface area contributed by atoms with Crippen molar-refractivity contribution in [3.8, 4) is 0 Å². The van der Waals surface area contributed by atoms with E-state index in [4.69, 9.17) is 4.74 Å². The summed E-state index contributed by atoms with van der Waals surface area (Å²) in [5.41, 5.74) is 0. The Morgan fingerprint density at radius 1 is 0.448 bits per heavy atom. The molecular weight excluding hydrogens is 827 g/mol. The van der Waals surface area contributed by atoms with E-state index in [0.717, 1.165) is 103 Å². The van der Waals surface area contributed by atoms with E-state index < -0.39 is 18.2 Å². The van der Waals surface area contributed by atoms with Crippen molar-refractivity contribution in [3.63, 3.8) is 0 Å². The standard InChI is InChI=1S/C61H109NO5/c1-4-7-10-13-16-19-22-25-27-29-31-33-36-39-42-45-48-51-54-61(66)67-57(52-49-46-43-40-37-34-24-21-18-15-12-9-6-3)55-60(65)62-58(56-63)59(64)53-50-47-44-41-38-35-32-30-28-26-23-20-17-14-11-8-5-2/h9,12,15,18,21-22,24-25,27,29,31,33,57-59,63-64H,4-8,10-11,13-14,16-17,19-20,23,26,28,30,32,34-56H2,1-3H3,(H,62,65)/b12-9+,18-15+,24-21+,25-22+,29-27+,33-31+. The van der Waals surface area contributed by atoms with E-state index in [-0.39, 0.29) is 24.9 Å². The van der Waals surface area contributed by atoms with Gasteiger partial charge in [0.15, 0.2) is 0 Å². The monoisotopic (exact) mass is 936 g/mol. The fourth-order valence-corrected chi connectivity index (χ4v) is 8.55. The Balaban J connectivity index is 4.57. The van der Waals surface area contributed by atoms with E-state index in [2.05, 4.69) is 99.0 Å². The molecule has 3 atom stereocenters. The average molecular weight is 937 g/mol. The SMILES string of the molecule is CC/C=C/C=C/C=C/CCCCCCCC(CC(=O)NC(CO)C(O)CCCCCCCCCCCCCCCCCCC)OC(=O)CCCCCCC/C=C/C=C/C=C/CCCCCCC. The number of amides is 1. The molecule has 67 heavy (non-hydrogen) atoms. The molecule has 1 amide bonds. The molecule has 0 aromatic heterocycles. The Morgan fingerprint density at radius 3 is 1.21 bits per heavy atom. The topological polar surface area (TPSA) is 95.9 Å². The molecule has 3 unspecified atom stereocenters. The largest absolute Gasteiger partial charge is 0.462 e. The molecule has 388 valence electrons. The van der Waals surface area contributed by atoms with Gasteiger partial charge < -0.3 is 20.3 Å². The number of nitrogens with one attached hydrogen (secondary N) is 1. The molecule has 0 aliphatic rings. The molecule has 0 rings (SSSR count). The molecule has 6 heteroatoms. The minimum Gasteiger partial charge on any atom is -0.462 e. The molecule has 0 radical (unpaired) electrons. The molecular formula is C61H109NO5. The van der Waals surface area contributed by atoms with Gasteiger partial charge in [0.1, 0.15) is 6.10 Å². The summed E-state index contributed by atoms with van der Waals surface area (Å²) >= 11 is 0. The fourth-order valence-electron chi connectivity index (χ4n) is 8.55. The molecule has 6 nitrogen and oxygen atoms in total. The predicted octanol–water partition coefficient (Wildman–Crippen LogP) is 17.7. The minimum absolute atomic E-state index is 0.0535. The first-order valence-corrected chi connectivity index (χ1v) is 28.7. The Bertz CT molecular complexity index is 1230. The lowest BCUT2D eigenvalue weighted by atomic mass is 10.0. The highest BCUT2D eigenvalue weighted by Gasteiger charge is 2.24. The number of aliphatic hydroxyl groups excluding tert-OH is 2. The van der Waals surface area contributed by atoms with Crippen molar-refractivity contribution in [2.75, 3.05) is 6.61 Å². The lowest BCUT2D eigenvalue weighted by Gasteiger charge is -2.24. The molecule has 0 bridgehead atoms. The zero-order valence-electron chi connectivity index (χ0n) is 44.3. The van der Waals surface area contributed by atoms with Crippen LogP contribution in [0.25, 0.3) is 0 Å². The van der Waals surface area contributed by atoms with Crippen molar-refractivity contribution in [2.45, 2.75) is 296 Å². The molecule has 3 N–H and O–H groups in total. The van der Waals surface area contributed by atoms with Crippen LogP contribution in [-0.4, -0.2) is 46.9 Å². The van der Waals surface area contributed by atoms with Gasteiger partial charge in [-0.15, -0.1) is 0 Å². The van der Waals surface area contributed by atoms with Crippen molar-refractivity contribution in [1.29, 1.82) is 0 Å². The number of esters is 1. The second-order valence-electron chi connectivity index (χ2n) is 19.4. The summed E-state index contributed by atoms with van der Waals surface area (Å²) in [6.45, 7) is 6.35. The Labute approximate surface area is 415 Å². The van der Waals surface area contributed by atoms with Gasteiger partial charge in [0, 0.05) is 6.42 Å². The van der Waals surface area contributed by atoms with Gasteiger partial charge in [0.25, 0.3) is 0 Å². The number of ether oxygens (including phenoxy) is 1. The summed E-state index contributed by atoms with van der Waals surface area (Å²) in [7, 11) is 0. The van der Waals surface area contributed by atoms with Gasteiger partial charge in [0.05, 0.1) is 25.2 Å². The first-order valence-electron chi connectivity index (χ1n) is 28.7. The number of aliphatic hydroxyl groups is 2. The van der Waals surface area contributed by atoms with Gasteiger partial charge in [-0.1, -0.05) is 267 Å². The third-order valence-electron chi connectivity index (χ3n) is 12.9. The lowest BCUT2D eigenvalue weighted by Crippen LogP contribution is -2.46. The van der Waals surface area contributed by atoms with Crippen LogP contribution in [0.2, 0.25) is 0 Å². The maximum atomic E-state index is 13.3. The van der Waals surface area contributed by atoms with Gasteiger partial charge in [-0.05, 0) is 70.6 Å². The van der Waals surface area contributed by atoms with Crippen LogP contribution in [0.1, 0.15) is 278 Å². The highest BCUT2D eigenvalue weighted by molar-refractivity contribution is 5.77. The molecule has 0 aliphatic heterocycles. The summed E-state index contributed by atoms with van der Waals surface area (Å²) in [4.78, 5) is 26.3. The van der Waals surface area contributed by atoms with E-state index in [1.807, 2.05) is 0 Å². The van der Waals surface area contributed by atoms with E-state index >= 15 is 0 Å². The third-order valence-corrected chi connectivity index (χ3v) is 12.9. The van der Waals surface area contributed by atoms with E-state index in [0.29, 0.717) is 19.3 Å². The molecule has 0 heterocycles. The predicted molar refractivity (Wildman–Crippen MR) is 291 cm³/mol. The molecule has 0 aromatic rings. The number of unbranched alkanes of at least 4 members (excludes halogenated alkanes) is 31. The number of carbonyl (C=O) groups is 2. The van der Waals surface area contributed by atoms with Crippen molar-refractivity contribution in [2.24, 2.45) is 0 Å². The number of hydrogen-bond acceptors (Lipinski definition) is 5. The Hall–Kier alpha value is -2.70. The van der Waals surface area contributed by atoms with Crippen LogP contribution in [0.15, 0.2) is 72.9 Å². The van der Waals surface area contributed by atoms with Crippen LogP contribution >= 0.6 is 0 Å². The molecule has 0 aromatic carbocycles. The summed E-state index contributed by atoms with van der Waals surface area (Å²) < 4.78 is 5.94. The van der Waals surface area contributed by atoms with Crippen LogP contribution in [0.4, 0.5) is 0 Å². The lowest BCUT2D eigenvalue weighted by molar-refractivity contribution is -0.151. The number of carbonyl (C=O) groups excluding carboxylic acids is 2. The van der Waals surface area contributed by atoms with Gasteiger partial charge in [-0.2, -0.15) is 0 Å². The van der Waals surface area contributed by atoms with Gasteiger partial charge >= 0.3 is 5.97 Å². The summed E-state index contributed by atoms with van der Waals surface area (Å²) in [5, 5.41) is 23.9. The van der Waals surface area contributed by atoms with Crippen molar-refractivity contribution < 1.29 is 24.5 Å². The summed E-state index contributed by atoms with van der Waals surface area (Å²) in [6.07, 6.45) is 69.6. The van der Waals surface area contributed by atoms with Crippen LogP contribution < -0.4 is 5.32 Å². The zero-order valence-corrected chi connectivity index (χ0v) is 44.3. The van der Waals surface area contributed by atoms with Crippen molar-refractivity contribution in [1.82, 2.24) is 5.32 Å². The highest BCUT2D eigenvalue weighted by atomic mass is 16.5. The first-order chi connectivity index (χ1) is 33.0. The van der Waals surface area contributed by atoms with Crippen LogP contribution in [-0.2, 0) is 14.3 Å². The number of rotatable bonds is 51.